The number of carbonyl (C=O) groups excluding carboxylic acids is 1. The molecule has 0 bridgehead atoms. The van der Waals surface area contributed by atoms with E-state index < -0.39 is 0 Å². The maximum absolute atomic E-state index is 12.3. The van der Waals surface area contributed by atoms with Crippen molar-refractivity contribution < 1.29 is 4.79 Å². The summed E-state index contributed by atoms with van der Waals surface area (Å²) < 4.78 is 2.00. The van der Waals surface area contributed by atoms with Crippen molar-refractivity contribution in [1.29, 1.82) is 0 Å². The van der Waals surface area contributed by atoms with E-state index in [4.69, 9.17) is 34.8 Å². The van der Waals surface area contributed by atoms with Crippen molar-refractivity contribution in [2.45, 2.75) is 24.4 Å². The van der Waals surface area contributed by atoms with Gasteiger partial charge >= 0.3 is 0 Å². The van der Waals surface area contributed by atoms with Gasteiger partial charge in [0, 0.05) is 40.0 Å². The molecule has 35 heavy (non-hydrogen) atoms. The minimum atomic E-state index is 0.0111. The third-order valence-corrected chi connectivity index (χ3v) is 7.21. The van der Waals surface area contributed by atoms with Crippen molar-refractivity contribution in [2.75, 3.05) is 12.3 Å². The third kappa shape index (κ3) is 6.79. The van der Waals surface area contributed by atoms with Gasteiger partial charge in [-0.3, -0.25) is 9.36 Å². The minimum absolute atomic E-state index is 0.0111. The van der Waals surface area contributed by atoms with Gasteiger partial charge in [-0.25, -0.2) is 0 Å². The first-order valence-corrected chi connectivity index (χ1v) is 13.2. The molecule has 0 fully saturated rings. The Hall–Kier alpha value is -2.51. The van der Waals surface area contributed by atoms with Crippen LogP contribution in [0.5, 0.6) is 0 Å². The molecule has 0 saturated heterocycles. The third-order valence-electron chi connectivity index (χ3n) is 5.27. The molecule has 180 valence electrons. The highest BCUT2D eigenvalue weighted by molar-refractivity contribution is 7.99. The predicted octanol–water partition coefficient (Wildman–Crippen LogP) is 7.13. The van der Waals surface area contributed by atoms with Gasteiger partial charge in [-0.2, -0.15) is 0 Å². The molecule has 0 aliphatic carbocycles. The zero-order valence-corrected chi connectivity index (χ0v) is 21.8. The van der Waals surface area contributed by atoms with Crippen molar-refractivity contribution in [2.24, 2.45) is 0 Å². The fourth-order valence-corrected chi connectivity index (χ4v) is 5.15. The van der Waals surface area contributed by atoms with Crippen molar-refractivity contribution in [3.8, 4) is 17.1 Å². The van der Waals surface area contributed by atoms with Crippen LogP contribution < -0.4 is 5.32 Å². The van der Waals surface area contributed by atoms with Crippen LogP contribution in [0.2, 0.25) is 15.1 Å². The number of benzene rings is 3. The van der Waals surface area contributed by atoms with Gasteiger partial charge in [0.05, 0.1) is 5.02 Å². The predicted molar refractivity (Wildman–Crippen MR) is 145 cm³/mol. The van der Waals surface area contributed by atoms with Gasteiger partial charge < -0.3 is 5.32 Å². The molecule has 5 nitrogen and oxygen atoms in total. The van der Waals surface area contributed by atoms with Crippen molar-refractivity contribution >= 4 is 52.5 Å². The van der Waals surface area contributed by atoms with Gasteiger partial charge in [-0.1, -0.05) is 83.0 Å². The maximum atomic E-state index is 12.3. The number of nitrogens with zero attached hydrogens (tertiary/aromatic N) is 3. The van der Waals surface area contributed by atoms with Gasteiger partial charge in [0.1, 0.15) is 0 Å². The van der Waals surface area contributed by atoms with Crippen LogP contribution in [0.25, 0.3) is 17.1 Å². The zero-order chi connectivity index (χ0) is 24.6. The second kappa shape index (κ2) is 12.5. The van der Waals surface area contributed by atoms with E-state index in [-0.39, 0.29) is 5.91 Å². The van der Waals surface area contributed by atoms with Gasteiger partial charge in [0.2, 0.25) is 5.91 Å². The smallest absolute Gasteiger partial charge is 0.220 e. The molecule has 0 radical (unpaired) electrons. The number of aromatic nitrogens is 3. The Balaban J connectivity index is 1.33. The molecule has 1 amide bonds. The van der Waals surface area contributed by atoms with E-state index in [0.29, 0.717) is 46.7 Å². The normalized spacial score (nSPS) is 10.9. The lowest BCUT2D eigenvalue weighted by atomic mass is 10.1. The molecular formula is C26H23Cl3N4OS. The van der Waals surface area contributed by atoms with Crippen molar-refractivity contribution in [3.63, 3.8) is 0 Å². The van der Waals surface area contributed by atoms with Gasteiger partial charge in [-0.15, -0.1) is 10.2 Å². The summed E-state index contributed by atoms with van der Waals surface area (Å²) in [7, 11) is 0. The van der Waals surface area contributed by atoms with Crippen LogP contribution >= 0.6 is 46.6 Å². The van der Waals surface area contributed by atoms with Gasteiger partial charge in [0.25, 0.3) is 0 Å². The van der Waals surface area contributed by atoms with Gasteiger partial charge in [0.15, 0.2) is 11.0 Å². The van der Waals surface area contributed by atoms with E-state index in [0.717, 1.165) is 27.7 Å². The molecule has 0 spiro atoms. The van der Waals surface area contributed by atoms with Crippen LogP contribution in [0.1, 0.15) is 18.4 Å². The largest absolute Gasteiger partial charge is 0.356 e. The van der Waals surface area contributed by atoms with Crippen LogP contribution in [-0.4, -0.2) is 33.0 Å². The molecule has 0 unspecified atom stereocenters. The number of carbonyl (C=O) groups is 1. The summed E-state index contributed by atoms with van der Waals surface area (Å²) in [6, 6.07) is 22.9. The Labute approximate surface area is 223 Å². The Morgan fingerprint density at radius 2 is 1.69 bits per heavy atom. The number of para-hydroxylation sites is 1. The fourth-order valence-electron chi connectivity index (χ4n) is 3.54. The highest BCUT2D eigenvalue weighted by Crippen LogP contribution is 2.32. The molecule has 1 heterocycles. The Kier molecular flexibility index (Phi) is 9.10. The first kappa shape index (κ1) is 25.6. The van der Waals surface area contributed by atoms with Crippen LogP contribution in [-0.2, 0) is 11.2 Å². The van der Waals surface area contributed by atoms with Crippen LogP contribution in [0.15, 0.2) is 78.0 Å². The molecule has 0 saturated carbocycles. The zero-order valence-electron chi connectivity index (χ0n) is 18.8. The summed E-state index contributed by atoms with van der Waals surface area (Å²) in [6.45, 7) is 0.525. The van der Waals surface area contributed by atoms with Crippen molar-refractivity contribution in [1.82, 2.24) is 20.1 Å². The highest BCUT2D eigenvalue weighted by atomic mass is 35.5. The Morgan fingerprint density at radius 3 is 2.46 bits per heavy atom. The fraction of sp³-hybridized carbons (Fsp3) is 0.192. The molecule has 0 aliphatic heterocycles. The summed E-state index contributed by atoms with van der Waals surface area (Å²) in [4.78, 5) is 12.3. The summed E-state index contributed by atoms with van der Waals surface area (Å²) in [5.41, 5.74) is 2.73. The maximum Gasteiger partial charge on any atom is 0.220 e. The second-order valence-electron chi connectivity index (χ2n) is 7.74. The number of hydrogen-bond acceptors (Lipinski definition) is 4. The molecular weight excluding hydrogens is 523 g/mol. The number of thioether (sulfide) groups is 1. The molecule has 4 aromatic rings. The molecule has 0 aliphatic rings. The summed E-state index contributed by atoms with van der Waals surface area (Å²) in [6.07, 6.45) is 1.79. The number of halogens is 3. The average molecular weight is 546 g/mol. The lowest BCUT2D eigenvalue weighted by molar-refractivity contribution is -0.121. The van der Waals surface area contributed by atoms with Crippen LogP contribution in [0.3, 0.4) is 0 Å². The average Bonchev–Trinajstić information content (AvgIpc) is 3.27. The molecule has 1 aromatic heterocycles. The molecule has 4 rings (SSSR count). The molecule has 1 N–H and O–H groups in total. The molecule has 3 aromatic carbocycles. The van der Waals surface area contributed by atoms with Crippen LogP contribution in [0, 0.1) is 0 Å². The number of nitrogens with one attached hydrogen (secondary N) is 1. The lowest BCUT2D eigenvalue weighted by Crippen LogP contribution is -2.25. The number of hydrogen-bond donors (Lipinski definition) is 1. The first-order chi connectivity index (χ1) is 17.0. The minimum Gasteiger partial charge on any atom is -0.356 e. The summed E-state index contributed by atoms with van der Waals surface area (Å²) in [5.74, 6) is 1.42. The van der Waals surface area contributed by atoms with E-state index in [1.807, 2.05) is 65.2 Å². The van der Waals surface area contributed by atoms with E-state index in [1.165, 1.54) is 0 Å². The van der Waals surface area contributed by atoms with E-state index >= 15 is 0 Å². The van der Waals surface area contributed by atoms with Gasteiger partial charge in [-0.05, 0) is 54.8 Å². The Morgan fingerprint density at radius 1 is 0.914 bits per heavy atom. The van der Waals surface area contributed by atoms with Crippen LogP contribution in [0.4, 0.5) is 0 Å². The second-order valence-corrected chi connectivity index (χ2v) is 10.1. The Bertz CT molecular complexity index is 1300. The molecule has 9 heteroatoms. The van der Waals surface area contributed by atoms with Crippen molar-refractivity contribution in [3.05, 3.63) is 93.4 Å². The highest BCUT2D eigenvalue weighted by Gasteiger charge is 2.18. The monoisotopic (exact) mass is 544 g/mol. The number of rotatable bonds is 10. The van der Waals surface area contributed by atoms with E-state index in [1.54, 1.807) is 23.9 Å². The number of amides is 1. The topological polar surface area (TPSA) is 59.8 Å². The lowest BCUT2D eigenvalue weighted by Gasteiger charge is -2.11. The quantitative estimate of drug-likeness (QED) is 0.170. The standard InChI is InChI=1S/C26H23Cl3N4OS/c27-19-13-12-18(23(29)17-19)14-15-30-24(34)11-6-16-35-26-32-31-25(21-9-4-5-10-22(21)28)33(26)20-7-2-1-3-8-20/h1-5,7-10,12-13,17H,6,11,14-16H2,(H,30,34). The van der Waals surface area contributed by atoms with E-state index in [2.05, 4.69) is 15.5 Å². The van der Waals surface area contributed by atoms with E-state index in [9.17, 15) is 4.79 Å². The SMILES string of the molecule is O=C(CCCSc1nnc(-c2ccccc2Cl)n1-c1ccccc1)NCCc1ccc(Cl)cc1Cl. The summed E-state index contributed by atoms with van der Waals surface area (Å²) in [5, 5.41) is 14.4. The first-order valence-electron chi connectivity index (χ1n) is 11.1. The summed E-state index contributed by atoms with van der Waals surface area (Å²) >= 11 is 20.1. The molecule has 0 atom stereocenters.